The lowest BCUT2D eigenvalue weighted by atomic mass is 10.2. The molecular formula is C13H18N4S. The molecule has 96 valence electrons. The summed E-state index contributed by atoms with van der Waals surface area (Å²) in [5, 5.41) is 8.01. The first kappa shape index (κ1) is 13.1. The molecule has 2 rings (SSSR count). The maximum absolute atomic E-state index is 4.47. The normalized spacial score (nSPS) is 10.7. The van der Waals surface area contributed by atoms with Gasteiger partial charge in [-0.05, 0) is 18.6 Å². The van der Waals surface area contributed by atoms with Gasteiger partial charge in [-0.2, -0.15) is 0 Å². The van der Waals surface area contributed by atoms with Gasteiger partial charge in [-0.3, -0.25) is 10.1 Å². The largest absolute Gasteiger partial charge is 0.265 e. The van der Waals surface area contributed by atoms with E-state index in [1.54, 1.807) is 24.2 Å². The van der Waals surface area contributed by atoms with E-state index in [1.165, 1.54) is 25.7 Å². The summed E-state index contributed by atoms with van der Waals surface area (Å²) in [4.78, 5) is 8.46. The average molecular weight is 262 g/mol. The van der Waals surface area contributed by atoms with Gasteiger partial charge < -0.3 is 0 Å². The van der Waals surface area contributed by atoms with Gasteiger partial charge in [0.15, 0.2) is 5.82 Å². The van der Waals surface area contributed by atoms with E-state index in [0.29, 0.717) is 0 Å². The molecule has 0 spiro atoms. The minimum atomic E-state index is 0.813. The third kappa shape index (κ3) is 3.84. The Kier molecular flexibility index (Phi) is 5.20. The van der Waals surface area contributed by atoms with Gasteiger partial charge in [0.25, 0.3) is 0 Å². The average Bonchev–Trinajstić information content (AvgIpc) is 2.88. The van der Waals surface area contributed by atoms with E-state index >= 15 is 0 Å². The lowest BCUT2D eigenvalue weighted by Crippen LogP contribution is -1.83. The fourth-order valence-corrected chi connectivity index (χ4v) is 2.44. The van der Waals surface area contributed by atoms with Crippen molar-refractivity contribution in [1.29, 1.82) is 0 Å². The molecule has 0 aliphatic carbocycles. The Hall–Kier alpha value is -1.36. The minimum absolute atomic E-state index is 0.813. The second-order valence-electron chi connectivity index (χ2n) is 4.11. The molecule has 0 aliphatic heterocycles. The number of pyridine rings is 1. The van der Waals surface area contributed by atoms with Gasteiger partial charge in [0.05, 0.1) is 0 Å². The van der Waals surface area contributed by atoms with Crippen molar-refractivity contribution in [3.63, 3.8) is 0 Å². The number of aromatic nitrogens is 4. The van der Waals surface area contributed by atoms with Crippen LogP contribution < -0.4 is 0 Å². The van der Waals surface area contributed by atoms with E-state index in [0.717, 1.165) is 22.3 Å². The first-order valence-corrected chi connectivity index (χ1v) is 7.34. The van der Waals surface area contributed by atoms with Crippen molar-refractivity contribution in [2.45, 2.75) is 37.8 Å². The van der Waals surface area contributed by atoms with Crippen molar-refractivity contribution >= 4 is 11.8 Å². The molecule has 2 aromatic heterocycles. The Labute approximate surface area is 112 Å². The van der Waals surface area contributed by atoms with Crippen LogP contribution in [0.25, 0.3) is 11.4 Å². The number of nitrogens with one attached hydrogen (secondary N) is 1. The quantitative estimate of drug-likeness (QED) is 0.612. The number of unbranched alkanes of at least 4 members (excludes halogenated alkanes) is 3. The van der Waals surface area contributed by atoms with Gasteiger partial charge in [0.1, 0.15) is 0 Å². The van der Waals surface area contributed by atoms with Crippen LogP contribution in [0.3, 0.4) is 0 Å². The van der Waals surface area contributed by atoms with E-state index in [-0.39, 0.29) is 0 Å². The molecule has 0 amide bonds. The van der Waals surface area contributed by atoms with Crippen LogP contribution in [-0.4, -0.2) is 25.9 Å². The number of aromatic amines is 1. The Morgan fingerprint density at radius 2 is 2.00 bits per heavy atom. The fourth-order valence-electron chi connectivity index (χ4n) is 1.64. The molecule has 18 heavy (non-hydrogen) atoms. The van der Waals surface area contributed by atoms with Crippen molar-refractivity contribution in [2.24, 2.45) is 0 Å². The Morgan fingerprint density at radius 1 is 1.17 bits per heavy atom. The predicted octanol–water partition coefficient (Wildman–Crippen LogP) is 3.54. The molecule has 5 heteroatoms. The molecule has 0 saturated carbocycles. The van der Waals surface area contributed by atoms with Gasteiger partial charge in [-0.25, -0.2) is 4.98 Å². The van der Waals surface area contributed by atoms with E-state index in [2.05, 4.69) is 27.1 Å². The van der Waals surface area contributed by atoms with E-state index < -0.39 is 0 Å². The van der Waals surface area contributed by atoms with Crippen molar-refractivity contribution < 1.29 is 0 Å². The molecule has 2 aromatic rings. The standard InChI is InChI=1S/C13H18N4S/c1-2-3-4-5-10-18-13-15-12(16-17-13)11-6-8-14-9-7-11/h6-9H,2-5,10H2,1H3,(H,15,16,17). The molecule has 0 atom stereocenters. The Morgan fingerprint density at radius 3 is 2.78 bits per heavy atom. The van der Waals surface area contributed by atoms with E-state index in [1.807, 2.05) is 12.1 Å². The van der Waals surface area contributed by atoms with Crippen LogP contribution in [-0.2, 0) is 0 Å². The predicted molar refractivity (Wildman–Crippen MR) is 74.5 cm³/mol. The molecular weight excluding hydrogens is 244 g/mol. The summed E-state index contributed by atoms with van der Waals surface area (Å²) in [6.07, 6.45) is 8.64. The fraction of sp³-hybridized carbons (Fsp3) is 0.462. The van der Waals surface area contributed by atoms with Gasteiger partial charge in [-0.15, -0.1) is 5.10 Å². The SMILES string of the molecule is CCCCCCSc1n[nH]c(-c2ccncc2)n1. The molecule has 0 aliphatic rings. The topological polar surface area (TPSA) is 54.5 Å². The first-order valence-electron chi connectivity index (χ1n) is 6.35. The number of hydrogen-bond donors (Lipinski definition) is 1. The van der Waals surface area contributed by atoms with Crippen molar-refractivity contribution in [3.8, 4) is 11.4 Å². The van der Waals surface area contributed by atoms with Crippen molar-refractivity contribution in [3.05, 3.63) is 24.5 Å². The molecule has 0 unspecified atom stereocenters. The highest BCUT2D eigenvalue weighted by molar-refractivity contribution is 7.99. The summed E-state index contributed by atoms with van der Waals surface area (Å²) < 4.78 is 0. The van der Waals surface area contributed by atoms with Crippen LogP contribution in [0.4, 0.5) is 0 Å². The maximum atomic E-state index is 4.47. The zero-order valence-corrected chi connectivity index (χ0v) is 11.4. The first-order chi connectivity index (χ1) is 8.90. The summed E-state index contributed by atoms with van der Waals surface area (Å²) in [6.45, 7) is 2.23. The zero-order chi connectivity index (χ0) is 12.6. The van der Waals surface area contributed by atoms with Crippen LogP contribution in [0.15, 0.2) is 29.7 Å². The van der Waals surface area contributed by atoms with Gasteiger partial charge >= 0.3 is 0 Å². The highest BCUT2D eigenvalue weighted by Gasteiger charge is 2.05. The number of H-pyrrole nitrogens is 1. The summed E-state index contributed by atoms with van der Waals surface area (Å²) in [6, 6.07) is 3.85. The lowest BCUT2D eigenvalue weighted by Gasteiger charge is -1.96. The smallest absolute Gasteiger partial charge is 0.208 e. The molecule has 0 aromatic carbocycles. The maximum Gasteiger partial charge on any atom is 0.208 e. The van der Waals surface area contributed by atoms with Crippen LogP contribution in [0, 0.1) is 0 Å². The van der Waals surface area contributed by atoms with E-state index in [4.69, 9.17) is 0 Å². The van der Waals surface area contributed by atoms with Crippen LogP contribution in [0.2, 0.25) is 0 Å². The Bertz CT molecular complexity index is 455. The lowest BCUT2D eigenvalue weighted by molar-refractivity contribution is 0.706. The van der Waals surface area contributed by atoms with Crippen molar-refractivity contribution in [2.75, 3.05) is 5.75 Å². The van der Waals surface area contributed by atoms with Gasteiger partial charge in [-0.1, -0.05) is 37.9 Å². The zero-order valence-electron chi connectivity index (χ0n) is 10.6. The molecule has 2 heterocycles. The molecule has 1 N–H and O–H groups in total. The monoisotopic (exact) mass is 262 g/mol. The molecule has 0 bridgehead atoms. The summed E-state index contributed by atoms with van der Waals surface area (Å²) >= 11 is 1.72. The summed E-state index contributed by atoms with van der Waals surface area (Å²) in [5.74, 6) is 1.90. The third-order valence-corrected chi connectivity index (χ3v) is 3.58. The van der Waals surface area contributed by atoms with Crippen LogP contribution in [0.1, 0.15) is 32.6 Å². The minimum Gasteiger partial charge on any atom is -0.265 e. The highest BCUT2D eigenvalue weighted by Crippen LogP contribution is 2.19. The molecule has 0 radical (unpaired) electrons. The number of thioether (sulfide) groups is 1. The second kappa shape index (κ2) is 7.16. The number of hydrogen-bond acceptors (Lipinski definition) is 4. The Balaban J connectivity index is 1.83. The molecule has 0 saturated heterocycles. The third-order valence-electron chi connectivity index (χ3n) is 2.65. The van der Waals surface area contributed by atoms with Gasteiger partial charge in [0, 0.05) is 23.7 Å². The second-order valence-corrected chi connectivity index (χ2v) is 5.17. The molecule has 0 fully saturated rings. The van der Waals surface area contributed by atoms with E-state index in [9.17, 15) is 0 Å². The van der Waals surface area contributed by atoms with Gasteiger partial charge in [0.2, 0.25) is 5.16 Å². The number of nitrogens with zero attached hydrogens (tertiary/aromatic N) is 3. The highest BCUT2D eigenvalue weighted by atomic mass is 32.2. The number of rotatable bonds is 7. The summed E-state index contributed by atoms with van der Waals surface area (Å²) in [7, 11) is 0. The van der Waals surface area contributed by atoms with Crippen LogP contribution >= 0.6 is 11.8 Å². The molecule has 4 nitrogen and oxygen atoms in total. The van der Waals surface area contributed by atoms with Crippen LogP contribution in [0.5, 0.6) is 0 Å². The van der Waals surface area contributed by atoms with Crippen molar-refractivity contribution in [1.82, 2.24) is 20.2 Å². The summed E-state index contributed by atoms with van der Waals surface area (Å²) in [5.41, 5.74) is 1.02.